The second kappa shape index (κ2) is 12.1. The molecule has 1 N–H and O–H groups in total. The van der Waals surface area contributed by atoms with Gasteiger partial charge in [-0.15, -0.1) is 0 Å². The minimum absolute atomic E-state index is 0.900. The van der Waals surface area contributed by atoms with Gasteiger partial charge in [-0.05, 0) is 13.0 Å². The minimum atomic E-state index is -2.55. The van der Waals surface area contributed by atoms with Gasteiger partial charge in [0.25, 0.3) is 0 Å². The number of hydrogen-bond donors (Lipinski definition) is 1. The van der Waals surface area contributed by atoms with Gasteiger partial charge in [-0.3, -0.25) is 4.98 Å². The van der Waals surface area contributed by atoms with Crippen molar-refractivity contribution < 1.29 is 13.3 Å². The van der Waals surface area contributed by atoms with Gasteiger partial charge in [0.15, 0.2) is 0 Å². The van der Waals surface area contributed by atoms with E-state index >= 15 is 0 Å². The van der Waals surface area contributed by atoms with Crippen molar-refractivity contribution >= 4 is 8.97 Å². The summed E-state index contributed by atoms with van der Waals surface area (Å²) in [6.07, 6.45) is 10.6. The molecule has 0 rings (SSSR count). The molecule has 0 saturated carbocycles. The van der Waals surface area contributed by atoms with Crippen molar-refractivity contribution in [3.63, 3.8) is 0 Å². The summed E-state index contributed by atoms with van der Waals surface area (Å²) in [4.78, 5) is 3.27. The molecule has 0 unspecified atom stereocenters. The van der Waals surface area contributed by atoms with Gasteiger partial charge in [0.05, 0.1) is 0 Å². The Morgan fingerprint density at radius 3 is 1.61 bits per heavy atom. The summed E-state index contributed by atoms with van der Waals surface area (Å²) in [6.45, 7) is 3.15. The van der Waals surface area contributed by atoms with Gasteiger partial charge in [-0.25, -0.2) is 0 Å². The molecule has 0 atom stereocenters. The Hall–Kier alpha value is 0.0569. The normalized spacial score (nSPS) is 12.0. The maximum Gasteiger partial charge on any atom is 0.595 e. The molecule has 0 aromatic heterocycles. The van der Waals surface area contributed by atoms with Gasteiger partial charge in [0, 0.05) is 21.3 Å². The van der Waals surface area contributed by atoms with Gasteiger partial charge in [0.2, 0.25) is 0 Å². The molecule has 4 nitrogen and oxygen atoms in total. The third-order valence-corrected chi connectivity index (χ3v) is 5.47. The molecule has 18 heavy (non-hydrogen) atoms. The van der Waals surface area contributed by atoms with Crippen LogP contribution in [0.5, 0.6) is 0 Å². The summed E-state index contributed by atoms with van der Waals surface area (Å²) in [5, 5.41) is 0. The van der Waals surface area contributed by atoms with Gasteiger partial charge < -0.3 is 13.3 Å². The Kier molecular flexibility index (Phi) is 12.1. The van der Waals surface area contributed by atoms with Crippen LogP contribution in [0.25, 0.3) is 0 Å². The first kappa shape index (κ1) is 18.1. The highest BCUT2D eigenvalue weighted by atomic mass is 28.4. The van der Waals surface area contributed by atoms with E-state index in [1.54, 1.807) is 21.3 Å². The Labute approximate surface area is 114 Å². The Bertz CT molecular complexity index is 169. The third kappa shape index (κ3) is 8.21. The lowest BCUT2D eigenvalue weighted by Crippen LogP contribution is -2.57. The zero-order valence-electron chi connectivity index (χ0n) is 12.6. The van der Waals surface area contributed by atoms with Gasteiger partial charge >= 0.3 is 8.97 Å². The second-order valence-electron chi connectivity index (χ2n) is 4.57. The van der Waals surface area contributed by atoms with Gasteiger partial charge in [-0.1, -0.05) is 51.9 Å². The topological polar surface area (TPSA) is 39.7 Å². The summed E-state index contributed by atoms with van der Waals surface area (Å²) in [5.41, 5.74) is 0. The highest BCUT2D eigenvalue weighted by Crippen LogP contribution is 2.08. The molecule has 0 amide bonds. The van der Waals surface area contributed by atoms with Crippen LogP contribution < -0.4 is 4.98 Å². The van der Waals surface area contributed by atoms with Gasteiger partial charge in [0.1, 0.15) is 0 Å². The highest BCUT2D eigenvalue weighted by Gasteiger charge is 2.38. The quantitative estimate of drug-likeness (QED) is 0.415. The fourth-order valence-electron chi connectivity index (χ4n) is 1.97. The predicted octanol–water partition coefficient (Wildman–Crippen LogP) is 3.09. The van der Waals surface area contributed by atoms with Crippen LogP contribution in [-0.4, -0.2) is 36.8 Å². The molecule has 0 spiro atoms. The number of nitrogens with one attached hydrogen (secondary N) is 1. The first-order valence-electron chi connectivity index (χ1n) is 7.15. The average molecular weight is 277 g/mol. The van der Waals surface area contributed by atoms with E-state index in [0.29, 0.717) is 0 Å². The molecule has 0 aliphatic heterocycles. The fraction of sp³-hybridized carbons (Fsp3) is 1.00. The summed E-state index contributed by atoms with van der Waals surface area (Å²) >= 11 is 0. The average Bonchev–Trinajstić information content (AvgIpc) is 2.42. The zero-order chi connectivity index (χ0) is 13.7. The standard InChI is InChI=1S/C13H31NO3Si/c1-5-6-7-8-9-10-11-12-13-14-18(15-2,16-3)17-4/h14H,5-13H2,1-4H3. The molecule has 0 radical (unpaired) electrons. The molecule has 0 aromatic rings. The Balaban J connectivity index is 3.38. The largest absolute Gasteiger partial charge is 0.595 e. The van der Waals surface area contributed by atoms with Crippen LogP contribution in [0.15, 0.2) is 0 Å². The third-order valence-electron chi connectivity index (χ3n) is 3.18. The first-order chi connectivity index (χ1) is 8.74. The Morgan fingerprint density at radius 1 is 0.722 bits per heavy atom. The molecule has 0 aliphatic rings. The Morgan fingerprint density at radius 2 is 1.17 bits per heavy atom. The SMILES string of the molecule is CCCCCCCCCCN[Si](OC)(OC)OC. The van der Waals surface area contributed by atoms with Gasteiger partial charge in [-0.2, -0.15) is 0 Å². The zero-order valence-corrected chi connectivity index (χ0v) is 13.6. The van der Waals surface area contributed by atoms with Crippen molar-refractivity contribution in [1.82, 2.24) is 4.98 Å². The number of unbranched alkanes of at least 4 members (excludes halogenated alkanes) is 7. The van der Waals surface area contributed by atoms with Crippen LogP contribution in [-0.2, 0) is 13.3 Å². The lowest BCUT2D eigenvalue weighted by atomic mass is 10.1. The number of rotatable bonds is 13. The smallest absolute Gasteiger partial charge is 0.364 e. The molecule has 110 valence electrons. The molecule has 0 fully saturated rings. The van der Waals surface area contributed by atoms with E-state index in [9.17, 15) is 0 Å². The summed E-state index contributed by atoms with van der Waals surface area (Å²) < 4.78 is 15.9. The molecule has 0 aromatic carbocycles. The van der Waals surface area contributed by atoms with Crippen LogP contribution in [0.1, 0.15) is 58.3 Å². The fourth-order valence-corrected chi connectivity index (χ4v) is 3.38. The van der Waals surface area contributed by atoms with E-state index in [1.165, 1.54) is 44.9 Å². The first-order valence-corrected chi connectivity index (χ1v) is 8.87. The second-order valence-corrected chi connectivity index (χ2v) is 7.26. The minimum Gasteiger partial charge on any atom is -0.364 e. The molecule has 5 heteroatoms. The summed E-state index contributed by atoms with van der Waals surface area (Å²) in [6, 6.07) is 0. The summed E-state index contributed by atoms with van der Waals surface area (Å²) in [7, 11) is 2.32. The maximum absolute atomic E-state index is 5.29. The van der Waals surface area contributed by atoms with Crippen LogP contribution in [0.2, 0.25) is 0 Å². The van der Waals surface area contributed by atoms with Crippen LogP contribution in [0, 0.1) is 0 Å². The van der Waals surface area contributed by atoms with E-state index in [1.807, 2.05) is 0 Å². The van der Waals surface area contributed by atoms with Crippen molar-refractivity contribution in [2.45, 2.75) is 58.3 Å². The lowest BCUT2D eigenvalue weighted by Gasteiger charge is -2.24. The van der Waals surface area contributed by atoms with E-state index in [2.05, 4.69) is 11.9 Å². The highest BCUT2D eigenvalue weighted by molar-refractivity contribution is 6.57. The van der Waals surface area contributed by atoms with Crippen molar-refractivity contribution in [2.24, 2.45) is 0 Å². The van der Waals surface area contributed by atoms with Crippen LogP contribution >= 0.6 is 0 Å². The predicted molar refractivity (Wildman–Crippen MR) is 77.4 cm³/mol. The molecular formula is C13H31NO3Si. The van der Waals surface area contributed by atoms with Crippen LogP contribution in [0.3, 0.4) is 0 Å². The van der Waals surface area contributed by atoms with Crippen molar-refractivity contribution in [2.75, 3.05) is 27.9 Å². The molecular weight excluding hydrogens is 246 g/mol. The van der Waals surface area contributed by atoms with Crippen molar-refractivity contribution in [3.05, 3.63) is 0 Å². The van der Waals surface area contributed by atoms with Crippen molar-refractivity contribution in [3.8, 4) is 0 Å². The van der Waals surface area contributed by atoms with E-state index < -0.39 is 8.97 Å². The summed E-state index contributed by atoms with van der Waals surface area (Å²) in [5.74, 6) is 0. The van der Waals surface area contributed by atoms with E-state index in [4.69, 9.17) is 13.3 Å². The van der Waals surface area contributed by atoms with E-state index in [0.717, 1.165) is 13.0 Å². The molecule has 0 aliphatic carbocycles. The monoisotopic (exact) mass is 277 g/mol. The molecule has 0 bridgehead atoms. The van der Waals surface area contributed by atoms with Crippen molar-refractivity contribution in [1.29, 1.82) is 0 Å². The molecule has 0 saturated heterocycles. The van der Waals surface area contributed by atoms with Crippen LogP contribution in [0.4, 0.5) is 0 Å². The lowest BCUT2D eigenvalue weighted by molar-refractivity contribution is 0.110. The molecule has 0 heterocycles. The number of hydrogen-bond acceptors (Lipinski definition) is 4. The maximum atomic E-state index is 5.29. The van der Waals surface area contributed by atoms with E-state index in [-0.39, 0.29) is 0 Å².